The van der Waals surface area contributed by atoms with Crippen LogP contribution in [0.15, 0.2) is 36.9 Å². The van der Waals surface area contributed by atoms with Crippen LogP contribution in [-0.2, 0) is 6.54 Å². The smallest absolute Gasteiger partial charge is 0.0946 e. The van der Waals surface area contributed by atoms with E-state index in [1.54, 1.807) is 6.20 Å². The van der Waals surface area contributed by atoms with Gasteiger partial charge in [-0.1, -0.05) is 36.2 Å². The SMILES string of the molecule is CCC(NC(C)Cn1ccnc1)c1ccc(Cl)c(Cl)c1. The van der Waals surface area contributed by atoms with Gasteiger partial charge in [-0.3, -0.25) is 0 Å². The molecule has 2 rings (SSSR count). The number of benzene rings is 1. The minimum Gasteiger partial charge on any atom is -0.336 e. The first-order valence-corrected chi connectivity index (χ1v) is 7.52. The molecule has 0 aliphatic carbocycles. The summed E-state index contributed by atoms with van der Waals surface area (Å²) in [7, 11) is 0. The first-order valence-electron chi connectivity index (χ1n) is 6.77. The summed E-state index contributed by atoms with van der Waals surface area (Å²) in [5, 5.41) is 4.82. The van der Waals surface area contributed by atoms with Gasteiger partial charge in [0.2, 0.25) is 0 Å². The van der Waals surface area contributed by atoms with Crippen molar-refractivity contribution in [1.29, 1.82) is 0 Å². The molecule has 0 radical (unpaired) electrons. The topological polar surface area (TPSA) is 29.9 Å². The summed E-state index contributed by atoms with van der Waals surface area (Å²) in [6.07, 6.45) is 6.59. The second-order valence-electron chi connectivity index (χ2n) is 4.96. The van der Waals surface area contributed by atoms with E-state index in [1.165, 1.54) is 5.56 Å². The molecule has 2 unspecified atom stereocenters. The molecule has 0 amide bonds. The third-order valence-electron chi connectivity index (χ3n) is 3.28. The van der Waals surface area contributed by atoms with Gasteiger partial charge in [-0.05, 0) is 31.0 Å². The number of rotatable bonds is 6. The van der Waals surface area contributed by atoms with Gasteiger partial charge in [0.05, 0.1) is 16.4 Å². The second kappa shape index (κ2) is 7.11. The van der Waals surface area contributed by atoms with Crippen molar-refractivity contribution in [1.82, 2.24) is 14.9 Å². The lowest BCUT2D eigenvalue weighted by Crippen LogP contribution is -2.33. The fraction of sp³-hybridized carbons (Fsp3) is 0.400. The van der Waals surface area contributed by atoms with E-state index < -0.39 is 0 Å². The fourth-order valence-electron chi connectivity index (χ4n) is 2.29. The minimum absolute atomic E-state index is 0.267. The molecule has 5 heteroatoms. The molecule has 2 atom stereocenters. The molecule has 0 fully saturated rings. The molecular weight excluding hydrogens is 293 g/mol. The summed E-state index contributed by atoms with van der Waals surface area (Å²) in [5.41, 5.74) is 1.17. The van der Waals surface area contributed by atoms with Crippen LogP contribution in [-0.4, -0.2) is 15.6 Å². The average Bonchev–Trinajstić information content (AvgIpc) is 2.92. The quantitative estimate of drug-likeness (QED) is 0.861. The van der Waals surface area contributed by atoms with Crippen LogP contribution >= 0.6 is 23.2 Å². The van der Waals surface area contributed by atoms with Crippen molar-refractivity contribution >= 4 is 23.2 Å². The lowest BCUT2D eigenvalue weighted by atomic mass is 10.0. The third kappa shape index (κ3) is 3.98. The Hall–Kier alpha value is -1.03. The number of halogens is 2. The Morgan fingerprint density at radius 3 is 2.70 bits per heavy atom. The van der Waals surface area contributed by atoms with Gasteiger partial charge >= 0.3 is 0 Å². The Kier molecular flexibility index (Phi) is 5.46. The van der Waals surface area contributed by atoms with Gasteiger partial charge in [-0.15, -0.1) is 0 Å². The Bertz CT molecular complexity index is 540. The van der Waals surface area contributed by atoms with E-state index in [4.69, 9.17) is 23.2 Å². The zero-order valence-electron chi connectivity index (χ0n) is 11.7. The van der Waals surface area contributed by atoms with Gasteiger partial charge in [0.15, 0.2) is 0 Å². The van der Waals surface area contributed by atoms with E-state index in [-0.39, 0.29) is 6.04 Å². The maximum absolute atomic E-state index is 6.09. The lowest BCUT2D eigenvalue weighted by Gasteiger charge is -2.23. The Morgan fingerprint density at radius 2 is 2.10 bits per heavy atom. The number of aromatic nitrogens is 2. The van der Waals surface area contributed by atoms with Gasteiger partial charge in [0.25, 0.3) is 0 Å². The van der Waals surface area contributed by atoms with Crippen LogP contribution in [0.5, 0.6) is 0 Å². The number of hydrogen-bond acceptors (Lipinski definition) is 2. The fourth-order valence-corrected chi connectivity index (χ4v) is 2.59. The number of nitrogens with one attached hydrogen (secondary N) is 1. The molecule has 1 N–H and O–H groups in total. The van der Waals surface area contributed by atoms with Crippen molar-refractivity contribution in [2.45, 2.75) is 38.9 Å². The lowest BCUT2D eigenvalue weighted by molar-refractivity contribution is 0.406. The summed E-state index contributed by atoms with van der Waals surface area (Å²) in [4.78, 5) is 4.06. The van der Waals surface area contributed by atoms with Crippen molar-refractivity contribution < 1.29 is 0 Å². The predicted octanol–water partition coefficient (Wildman–Crippen LogP) is 4.32. The number of nitrogens with zero attached hydrogens (tertiary/aromatic N) is 2. The van der Waals surface area contributed by atoms with Crippen LogP contribution in [0.1, 0.15) is 31.9 Å². The molecule has 1 heterocycles. The normalized spacial score (nSPS) is 14.2. The van der Waals surface area contributed by atoms with Crippen LogP contribution in [0.3, 0.4) is 0 Å². The molecular formula is C15H19Cl2N3. The average molecular weight is 312 g/mol. The zero-order chi connectivity index (χ0) is 14.5. The van der Waals surface area contributed by atoms with Crippen molar-refractivity contribution in [2.24, 2.45) is 0 Å². The Balaban J connectivity index is 2.02. The van der Waals surface area contributed by atoms with E-state index in [2.05, 4.69) is 28.7 Å². The van der Waals surface area contributed by atoms with Gasteiger partial charge < -0.3 is 9.88 Å². The maximum atomic E-state index is 6.09. The van der Waals surface area contributed by atoms with Crippen molar-refractivity contribution in [3.8, 4) is 0 Å². The summed E-state index contributed by atoms with van der Waals surface area (Å²) < 4.78 is 2.07. The van der Waals surface area contributed by atoms with E-state index in [1.807, 2.05) is 30.7 Å². The summed E-state index contributed by atoms with van der Waals surface area (Å²) in [6, 6.07) is 6.42. The van der Waals surface area contributed by atoms with Crippen molar-refractivity contribution in [3.05, 3.63) is 52.5 Å². The standard InChI is InChI=1S/C15H19Cl2N3/c1-3-15(12-4-5-13(16)14(17)8-12)19-11(2)9-20-7-6-18-10-20/h4-8,10-11,15,19H,3,9H2,1-2H3. The molecule has 1 aromatic carbocycles. The van der Waals surface area contributed by atoms with Gasteiger partial charge in [-0.25, -0.2) is 4.98 Å². The maximum Gasteiger partial charge on any atom is 0.0946 e. The van der Waals surface area contributed by atoms with E-state index in [0.717, 1.165) is 13.0 Å². The van der Waals surface area contributed by atoms with E-state index in [0.29, 0.717) is 16.1 Å². The highest BCUT2D eigenvalue weighted by Gasteiger charge is 2.14. The van der Waals surface area contributed by atoms with Crippen LogP contribution < -0.4 is 5.32 Å². The molecule has 3 nitrogen and oxygen atoms in total. The summed E-state index contributed by atoms with van der Waals surface area (Å²) in [5.74, 6) is 0. The summed E-state index contributed by atoms with van der Waals surface area (Å²) >= 11 is 12.1. The minimum atomic E-state index is 0.267. The highest BCUT2D eigenvalue weighted by Crippen LogP contribution is 2.27. The highest BCUT2D eigenvalue weighted by molar-refractivity contribution is 6.42. The Labute approximate surface area is 129 Å². The van der Waals surface area contributed by atoms with Crippen LogP contribution in [0.4, 0.5) is 0 Å². The molecule has 0 spiro atoms. The van der Waals surface area contributed by atoms with Gasteiger partial charge in [0.1, 0.15) is 0 Å². The molecule has 2 aromatic rings. The number of hydrogen-bond donors (Lipinski definition) is 1. The summed E-state index contributed by atoms with van der Waals surface area (Å²) in [6.45, 7) is 5.21. The predicted molar refractivity (Wildman–Crippen MR) is 84.3 cm³/mol. The molecule has 0 saturated carbocycles. The Morgan fingerprint density at radius 1 is 1.30 bits per heavy atom. The molecule has 0 aliphatic rings. The number of imidazole rings is 1. The largest absolute Gasteiger partial charge is 0.336 e. The molecule has 108 valence electrons. The van der Waals surface area contributed by atoms with Crippen LogP contribution in [0.25, 0.3) is 0 Å². The molecule has 0 saturated heterocycles. The van der Waals surface area contributed by atoms with Crippen molar-refractivity contribution in [2.75, 3.05) is 0 Å². The van der Waals surface area contributed by atoms with Crippen LogP contribution in [0, 0.1) is 0 Å². The molecule has 20 heavy (non-hydrogen) atoms. The first kappa shape index (κ1) is 15.4. The second-order valence-corrected chi connectivity index (χ2v) is 5.78. The molecule has 0 aliphatic heterocycles. The highest BCUT2D eigenvalue weighted by atomic mass is 35.5. The van der Waals surface area contributed by atoms with E-state index in [9.17, 15) is 0 Å². The van der Waals surface area contributed by atoms with Gasteiger partial charge in [0, 0.05) is 31.0 Å². The van der Waals surface area contributed by atoms with Crippen LogP contribution in [0.2, 0.25) is 10.0 Å². The zero-order valence-corrected chi connectivity index (χ0v) is 13.2. The molecule has 0 bridgehead atoms. The van der Waals surface area contributed by atoms with Gasteiger partial charge in [-0.2, -0.15) is 0 Å². The first-order chi connectivity index (χ1) is 9.60. The van der Waals surface area contributed by atoms with Crippen molar-refractivity contribution in [3.63, 3.8) is 0 Å². The molecule has 1 aromatic heterocycles. The third-order valence-corrected chi connectivity index (χ3v) is 4.02. The van der Waals surface area contributed by atoms with E-state index >= 15 is 0 Å². The monoisotopic (exact) mass is 311 g/mol.